The van der Waals surface area contributed by atoms with E-state index in [0.717, 1.165) is 5.56 Å². The Morgan fingerprint density at radius 2 is 2.04 bits per heavy atom. The first-order chi connectivity index (χ1) is 13.2. The summed E-state index contributed by atoms with van der Waals surface area (Å²) in [6.07, 6.45) is 2.07. The molecule has 1 atom stereocenters. The molecule has 0 fully saturated rings. The van der Waals surface area contributed by atoms with Crippen LogP contribution in [0.2, 0.25) is 0 Å². The van der Waals surface area contributed by atoms with E-state index in [0.29, 0.717) is 48.1 Å². The SMILES string of the molecule is C=CCc1cc(C(=O)NC[C@@H]2COc3ccccc3O2)cc(OC)c1OC. The summed E-state index contributed by atoms with van der Waals surface area (Å²) in [6.45, 7) is 4.46. The highest BCUT2D eigenvalue weighted by atomic mass is 16.6. The smallest absolute Gasteiger partial charge is 0.251 e. The van der Waals surface area contributed by atoms with Crippen LogP contribution >= 0.6 is 0 Å². The fourth-order valence-electron chi connectivity index (χ4n) is 2.95. The second kappa shape index (κ2) is 8.49. The fraction of sp³-hybridized carbons (Fsp3) is 0.286. The summed E-state index contributed by atoms with van der Waals surface area (Å²) >= 11 is 0. The molecule has 2 aromatic carbocycles. The minimum absolute atomic E-state index is 0.219. The van der Waals surface area contributed by atoms with E-state index in [4.69, 9.17) is 18.9 Å². The zero-order valence-corrected chi connectivity index (χ0v) is 15.5. The van der Waals surface area contributed by atoms with Gasteiger partial charge in [0, 0.05) is 11.1 Å². The summed E-state index contributed by atoms with van der Waals surface area (Å²) in [5.74, 6) is 2.29. The summed E-state index contributed by atoms with van der Waals surface area (Å²) < 4.78 is 22.3. The van der Waals surface area contributed by atoms with Crippen LogP contribution in [0.5, 0.6) is 23.0 Å². The molecule has 142 valence electrons. The summed E-state index contributed by atoms with van der Waals surface area (Å²) in [5.41, 5.74) is 1.32. The van der Waals surface area contributed by atoms with Crippen LogP contribution in [-0.4, -0.2) is 39.4 Å². The van der Waals surface area contributed by atoms with Crippen molar-refractivity contribution in [2.45, 2.75) is 12.5 Å². The van der Waals surface area contributed by atoms with Crippen LogP contribution in [0.25, 0.3) is 0 Å². The number of carbonyl (C=O) groups excluding carboxylic acids is 1. The molecule has 1 aliphatic heterocycles. The van der Waals surface area contributed by atoms with Crippen LogP contribution in [0.15, 0.2) is 49.1 Å². The molecule has 2 aromatic rings. The van der Waals surface area contributed by atoms with Gasteiger partial charge in [-0.3, -0.25) is 4.79 Å². The monoisotopic (exact) mass is 369 g/mol. The van der Waals surface area contributed by atoms with Crippen LogP contribution in [0.3, 0.4) is 0 Å². The van der Waals surface area contributed by atoms with Crippen molar-refractivity contribution in [1.82, 2.24) is 5.32 Å². The Morgan fingerprint density at radius 3 is 2.74 bits per heavy atom. The lowest BCUT2D eigenvalue weighted by Crippen LogP contribution is -2.40. The molecule has 0 unspecified atom stereocenters. The summed E-state index contributed by atoms with van der Waals surface area (Å²) in [7, 11) is 3.12. The molecule has 27 heavy (non-hydrogen) atoms. The molecular weight excluding hydrogens is 346 g/mol. The van der Waals surface area contributed by atoms with Crippen LogP contribution < -0.4 is 24.3 Å². The average Bonchev–Trinajstić information content (AvgIpc) is 2.71. The Morgan fingerprint density at radius 1 is 1.26 bits per heavy atom. The maximum atomic E-state index is 12.6. The van der Waals surface area contributed by atoms with Crippen molar-refractivity contribution >= 4 is 5.91 Å². The molecule has 0 bridgehead atoms. The first-order valence-electron chi connectivity index (χ1n) is 8.68. The Balaban J connectivity index is 1.69. The Hall–Kier alpha value is -3.15. The van der Waals surface area contributed by atoms with Gasteiger partial charge in [-0.15, -0.1) is 6.58 Å². The number of hydrogen-bond donors (Lipinski definition) is 1. The highest BCUT2D eigenvalue weighted by molar-refractivity contribution is 5.95. The fourth-order valence-corrected chi connectivity index (χ4v) is 2.95. The number of methoxy groups -OCH3 is 2. The van der Waals surface area contributed by atoms with Crippen molar-refractivity contribution in [2.75, 3.05) is 27.4 Å². The van der Waals surface area contributed by atoms with Gasteiger partial charge >= 0.3 is 0 Å². The lowest BCUT2D eigenvalue weighted by Gasteiger charge is -2.26. The van der Waals surface area contributed by atoms with Crippen LogP contribution in [-0.2, 0) is 6.42 Å². The van der Waals surface area contributed by atoms with Crippen LogP contribution in [0.1, 0.15) is 15.9 Å². The molecule has 0 aliphatic carbocycles. The molecule has 1 aliphatic rings. The van der Waals surface area contributed by atoms with Crippen molar-refractivity contribution < 1.29 is 23.7 Å². The van der Waals surface area contributed by atoms with Crippen molar-refractivity contribution in [2.24, 2.45) is 0 Å². The van der Waals surface area contributed by atoms with Gasteiger partial charge in [-0.05, 0) is 30.7 Å². The van der Waals surface area contributed by atoms with Crippen molar-refractivity contribution in [3.63, 3.8) is 0 Å². The number of para-hydroxylation sites is 2. The van der Waals surface area contributed by atoms with E-state index in [1.807, 2.05) is 24.3 Å². The number of ether oxygens (including phenoxy) is 4. The molecular formula is C21H23NO5. The summed E-state index contributed by atoms with van der Waals surface area (Å²) in [4.78, 5) is 12.6. The van der Waals surface area contributed by atoms with Gasteiger partial charge in [0.2, 0.25) is 0 Å². The topological polar surface area (TPSA) is 66.0 Å². The number of amides is 1. The third-order valence-corrected chi connectivity index (χ3v) is 4.24. The molecule has 1 N–H and O–H groups in total. The van der Waals surface area contributed by atoms with Crippen molar-refractivity contribution in [3.8, 4) is 23.0 Å². The third-order valence-electron chi connectivity index (χ3n) is 4.24. The van der Waals surface area contributed by atoms with E-state index in [2.05, 4.69) is 11.9 Å². The van der Waals surface area contributed by atoms with E-state index >= 15 is 0 Å². The lowest BCUT2D eigenvalue weighted by molar-refractivity contribution is 0.0789. The van der Waals surface area contributed by atoms with Gasteiger partial charge in [-0.1, -0.05) is 18.2 Å². The number of benzene rings is 2. The second-order valence-electron chi connectivity index (χ2n) is 6.07. The lowest BCUT2D eigenvalue weighted by atomic mass is 10.0. The zero-order chi connectivity index (χ0) is 19.2. The van der Waals surface area contributed by atoms with Gasteiger partial charge in [0.05, 0.1) is 20.8 Å². The average molecular weight is 369 g/mol. The first kappa shape index (κ1) is 18.6. The summed E-state index contributed by atoms with van der Waals surface area (Å²) in [5, 5.41) is 2.89. The zero-order valence-electron chi connectivity index (χ0n) is 15.5. The Bertz CT molecular complexity index is 833. The third kappa shape index (κ3) is 4.16. The van der Waals surface area contributed by atoms with Crippen molar-refractivity contribution in [1.29, 1.82) is 0 Å². The molecule has 0 radical (unpaired) electrons. The van der Waals surface area contributed by atoms with Crippen LogP contribution in [0, 0.1) is 0 Å². The molecule has 3 rings (SSSR count). The minimum atomic E-state index is -0.253. The number of allylic oxidation sites excluding steroid dienone is 1. The number of rotatable bonds is 7. The van der Waals surface area contributed by atoms with Gasteiger partial charge < -0.3 is 24.3 Å². The number of nitrogens with one attached hydrogen (secondary N) is 1. The number of carbonyl (C=O) groups is 1. The van der Waals surface area contributed by atoms with Crippen LogP contribution in [0.4, 0.5) is 0 Å². The van der Waals surface area contributed by atoms with Crippen molar-refractivity contribution in [3.05, 3.63) is 60.2 Å². The van der Waals surface area contributed by atoms with Gasteiger partial charge in [-0.2, -0.15) is 0 Å². The van der Waals surface area contributed by atoms with E-state index in [1.54, 1.807) is 32.4 Å². The predicted molar refractivity (Wildman–Crippen MR) is 102 cm³/mol. The van der Waals surface area contributed by atoms with Gasteiger partial charge in [0.1, 0.15) is 12.7 Å². The van der Waals surface area contributed by atoms with E-state index < -0.39 is 0 Å². The number of fused-ring (bicyclic) bond motifs is 1. The van der Waals surface area contributed by atoms with E-state index in [9.17, 15) is 4.79 Å². The molecule has 6 nitrogen and oxygen atoms in total. The van der Waals surface area contributed by atoms with E-state index in [1.165, 1.54) is 0 Å². The Labute approximate surface area is 158 Å². The molecule has 1 amide bonds. The molecule has 0 saturated carbocycles. The molecule has 0 aromatic heterocycles. The molecule has 1 heterocycles. The first-order valence-corrected chi connectivity index (χ1v) is 8.68. The quantitative estimate of drug-likeness (QED) is 0.760. The predicted octanol–water partition coefficient (Wildman–Crippen LogP) is 3.00. The second-order valence-corrected chi connectivity index (χ2v) is 6.07. The molecule has 6 heteroatoms. The normalized spacial score (nSPS) is 15.0. The maximum absolute atomic E-state index is 12.6. The molecule has 0 spiro atoms. The van der Waals surface area contributed by atoms with Gasteiger partial charge in [0.25, 0.3) is 5.91 Å². The molecule has 0 saturated heterocycles. The highest BCUT2D eigenvalue weighted by Crippen LogP contribution is 2.33. The van der Waals surface area contributed by atoms with E-state index in [-0.39, 0.29) is 12.0 Å². The summed E-state index contributed by atoms with van der Waals surface area (Å²) in [6, 6.07) is 10.9. The highest BCUT2D eigenvalue weighted by Gasteiger charge is 2.22. The standard InChI is InChI=1S/C21H23NO5/c1-4-7-14-10-15(11-19(24-2)20(14)25-3)21(23)22-12-16-13-26-17-8-5-6-9-18(17)27-16/h4-6,8-11,16H,1,7,12-13H2,2-3H3,(H,22,23)/t16-/m1/s1. The minimum Gasteiger partial charge on any atom is -0.493 e. The largest absolute Gasteiger partial charge is 0.493 e. The number of hydrogen-bond acceptors (Lipinski definition) is 5. The maximum Gasteiger partial charge on any atom is 0.251 e. The Kier molecular flexibility index (Phi) is 5.86. The van der Waals surface area contributed by atoms with Gasteiger partial charge in [0.15, 0.2) is 23.0 Å². The van der Waals surface area contributed by atoms with Gasteiger partial charge in [-0.25, -0.2) is 0 Å².